The average Bonchev–Trinajstić information content (AvgIpc) is 1.93. The first-order valence-electron chi connectivity index (χ1n) is 3.70. The van der Waals surface area contributed by atoms with Crippen LogP contribution < -0.4 is 5.32 Å². The summed E-state index contributed by atoms with van der Waals surface area (Å²) in [5.41, 5.74) is 0. The Bertz CT molecular complexity index is 64.8. The van der Waals surface area contributed by atoms with E-state index in [9.17, 15) is 0 Å². The highest BCUT2D eigenvalue weighted by Gasteiger charge is 1.93. The van der Waals surface area contributed by atoms with E-state index < -0.39 is 8.25 Å². The first-order valence-corrected chi connectivity index (χ1v) is 4.87. The van der Waals surface area contributed by atoms with Gasteiger partial charge in [-0.05, 0) is 13.1 Å². The maximum absolute atomic E-state index is 8.70. The van der Waals surface area contributed by atoms with Gasteiger partial charge >= 0.3 is 8.25 Å². The summed E-state index contributed by atoms with van der Waals surface area (Å²) >= 11 is 0. The van der Waals surface area contributed by atoms with E-state index in [-0.39, 0.29) is 0 Å². The molecule has 0 aliphatic rings. The van der Waals surface area contributed by atoms with Crippen molar-refractivity contribution in [2.45, 2.75) is 27.7 Å². The molecule has 0 fully saturated rings. The van der Waals surface area contributed by atoms with Crippen LogP contribution in [0.1, 0.15) is 27.7 Å². The minimum atomic E-state index is -2.87. The van der Waals surface area contributed by atoms with Gasteiger partial charge in [-0.2, -0.15) is 0 Å². The van der Waals surface area contributed by atoms with Gasteiger partial charge in [-0.3, -0.25) is 0 Å². The van der Waals surface area contributed by atoms with Crippen LogP contribution in [-0.4, -0.2) is 22.9 Å². The van der Waals surface area contributed by atoms with Crippen molar-refractivity contribution < 1.29 is 14.4 Å². The van der Waals surface area contributed by atoms with Crippen molar-refractivity contribution in [1.82, 2.24) is 5.32 Å². The van der Waals surface area contributed by atoms with Crippen LogP contribution in [0.2, 0.25) is 0 Å². The normalized spacial score (nSPS) is 6.73. The Labute approximate surface area is 69.6 Å². The molecule has 0 spiro atoms. The second kappa shape index (κ2) is 22.5. The quantitative estimate of drug-likeness (QED) is 0.565. The van der Waals surface area contributed by atoms with Gasteiger partial charge in [-0.1, -0.05) is 27.7 Å². The van der Waals surface area contributed by atoms with E-state index in [0.717, 1.165) is 13.1 Å². The molecule has 70 valence electrons. The first kappa shape index (κ1) is 17.2. The van der Waals surface area contributed by atoms with Crippen LogP contribution in [0.25, 0.3) is 0 Å². The van der Waals surface area contributed by atoms with Crippen molar-refractivity contribution >= 4 is 8.25 Å². The molecule has 0 rings (SSSR count). The zero-order valence-corrected chi connectivity index (χ0v) is 8.56. The molecule has 5 heteroatoms. The average molecular weight is 184 g/mol. The van der Waals surface area contributed by atoms with Gasteiger partial charge in [0.25, 0.3) is 0 Å². The molecular formula is C6H19NO3P+. The van der Waals surface area contributed by atoms with Crippen molar-refractivity contribution in [2.75, 3.05) is 13.1 Å². The molecule has 0 saturated heterocycles. The fourth-order valence-corrected chi connectivity index (χ4v) is 0.250. The van der Waals surface area contributed by atoms with Crippen LogP contribution in [-0.2, 0) is 4.57 Å². The van der Waals surface area contributed by atoms with Gasteiger partial charge in [0.15, 0.2) is 0 Å². The maximum atomic E-state index is 8.70. The predicted octanol–water partition coefficient (Wildman–Crippen LogP) is 1.27. The second-order valence-electron chi connectivity index (χ2n) is 1.21. The smallest absolute Gasteiger partial charge is 0.317 e. The van der Waals surface area contributed by atoms with Gasteiger partial charge in [0.1, 0.15) is 0 Å². The molecule has 0 radical (unpaired) electrons. The van der Waals surface area contributed by atoms with Gasteiger partial charge in [0.2, 0.25) is 0 Å². The summed E-state index contributed by atoms with van der Waals surface area (Å²) < 4.78 is 8.70. The molecule has 0 unspecified atom stereocenters. The molecule has 0 heterocycles. The SMILES string of the molecule is CC.CCNCC.O=[P+](O)O. The third-order valence-electron chi connectivity index (χ3n) is 0.500. The van der Waals surface area contributed by atoms with E-state index >= 15 is 0 Å². The van der Waals surface area contributed by atoms with Crippen LogP contribution in [0.3, 0.4) is 0 Å². The van der Waals surface area contributed by atoms with Crippen molar-refractivity contribution in [3.8, 4) is 0 Å². The molecule has 0 aliphatic carbocycles. The highest BCUT2D eigenvalue weighted by Crippen LogP contribution is 1.98. The molecule has 0 aromatic rings. The summed E-state index contributed by atoms with van der Waals surface area (Å²) in [7, 11) is -2.87. The lowest BCUT2D eigenvalue weighted by Crippen LogP contribution is -2.09. The molecule has 0 atom stereocenters. The molecule has 11 heavy (non-hydrogen) atoms. The lowest BCUT2D eigenvalue weighted by molar-refractivity contribution is 0.405. The van der Waals surface area contributed by atoms with Crippen molar-refractivity contribution in [2.24, 2.45) is 0 Å². The summed E-state index contributed by atoms with van der Waals surface area (Å²) in [6, 6.07) is 0. The van der Waals surface area contributed by atoms with E-state index in [4.69, 9.17) is 14.4 Å². The van der Waals surface area contributed by atoms with Crippen LogP contribution in [0, 0.1) is 0 Å². The van der Waals surface area contributed by atoms with Gasteiger partial charge in [-0.15, -0.1) is 9.79 Å². The molecule has 0 bridgehead atoms. The molecule has 0 aliphatic heterocycles. The Kier molecular flexibility index (Phi) is 35.1. The van der Waals surface area contributed by atoms with E-state index in [2.05, 4.69) is 19.2 Å². The lowest BCUT2D eigenvalue weighted by Gasteiger charge is -1.86. The highest BCUT2D eigenvalue weighted by atomic mass is 31.1. The van der Waals surface area contributed by atoms with E-state index in [1.807, 2.05) is 13.8 Å². The highest BCUT2D eigenvalue weighted by molar-refractivity contribution is 7.30. The molecule has 0 aromatic carbocycles. The summed E-state index contributed by atoms with van der Waals surface area (Å²) in [5, 5.41) is 3.11. The maximum Gasteiger partial charge on any atom is 0.692 e. The molecule has 0 saturated carbocycles. The van der Waals surface area contributed by atoms with Gasteiger partial charge in [-0.25, -0.2) is 0 Å². The zero-order chi connectivity index (χ0) is 9.70. The van der Waals surface area contributed by atoms with E-state index in [0.29, 0.717) is 0 Å². The summed E-state index contributed by atoms with van der Waals surface area (Å²) in [6.45, 7) is 10.4. The van der Waals surface area contributed by atoms with Crippen LogP contribution in [0.15, 0.2) is 0 Å². The number of hydrogen-bond donors (Lipinski definition) is 3. The fraction of sp³-hybridized carbons (Fsp3) is 1.00. The van der Waals surface area contributed by atoms with Crippen molar-refractivity contribution in [3.63, 3.8) is 0 Å². The molecule has 0 amide bonds. The first-order chi connectivity index (χ1) is 5.15. The molecule has 4 nitrogen and oxygen atoms in total. The predicted molar refractivity (Wildman–Crippen MR) is 47.6 cm³/mol. The van der Waals surface area contributed by atoms with Crippen molar-refractivity contribution in [1.29, 1.82) is 0 Å². The lowest BCUT2D eigenvalue weighted by atomic mass is 10.7. The Balaban J connectivity index is -0.0000000965. The number of rotatable bonds is 2. The third kappa shape index (κ3) is 162. The van der Waals surface area contributed by atoms with Crippen LogP contribution in [0.5, 0.6) is 0 Å². The Morgan fingerprint density at radius 3 is 1.36 bits per heavy atom. The van der Waals surface area contributed by atoms with Crippen molar-refractivity contribution in [3.05, 3.63) is 0 Å². The Morgan fingerprint density at radius 2 is 1.36 bits per heavy atom. The summed E-state index contributed by atoms with van der Waals surface area (Å²) in [5.74, 6) is 0. The van der Waals surface area contributed by atoms with E-state index in [1.165, 1.54) is 0 Å². The zero-order valence-electron chi connectivity index (χ0n) is 7.66. The fourth-order valence-electron chi connectivity index (χ4n) is 0.250. The minimum absolute atomic E-state index is 1.09. The molecular weight excluding hydrogens is 165 g/mol. The summed E-state index contributed by atoms with van der Waals surface area (Å²) in [4.78, 5) is 14.2. The molecule has 0 aromatic heterocycles. The second-order valence-corrected chi connectivity index (χ2v) is 1.72. The van der Waals surface area contributed by atoms with Gasteiger partial charge in [0.05, 0.1) is 0 Å². The van der Waals surface area contributed by atoms with Crippen LogP contribution >= 0.6 is 8.25 Å². The minimum Gasteiger partial charge on any atom is -0.317 e. The third-order valence-corrected chi connectivity index (χ3v) is 0.500. The summed E-state index contributed by atoms with van der Waals surface area (Å²) in [6.07, 6.45) is 0. The Morgan fingerprint density at radius 1 is 1.18 bits per heavy atom. The van der Waals surface area contributed by atoms with Gasteiger partial charge < -0.3 is 5.32 Å². The molecule has 3 N–H and O–H groups in total. The van der Waals surface area contributed by atoms with Gasteiger partial charge in [0, 0.05) is 4.57 Å². The Hall–Kier alpha value is -0.0200. The standard InChI is InChI=1S/C4H11N.C2H6.HO3P/c1-3-5-4-2;1-2;1-4(2)3/h5H,3-4H2,1-2H3;1-2H3;(H-,1,2,3)/p+1. The monoisotopic (exact) mass is 184 g/mol. The topological polar surface area (TPSA) is 69.6 Å². The number of hydrogen-bond acceptors (Lipinski definition) is 2. The van der Waals surface area contributed by atoms with E-state index in [1.54, 1.807) is 0 Å². The van der Waals surface area contributed by atoms with Crippen LogP contribution in [0.4, 0.5) is 0 Å². The number of nitrogens with one attached hydrogen (secondary N) is 1. The largest absolute Gasteiger partial charge is 0.692 e.